The first kappa shape index (κ1) is 9.98. The Balaban J connectivity index is 3.08. The zero-order chi connectivity index (χ0) is 10.0. The highest BCUT2D eigenvalue weighted by atomic mass is 79.9. The second-order valence-corrected chi connectivity index (χ2v) is 3.39. The lowest BCUT2D eigenvalue weighted by molar-refractivity contribution is -0.117. The number of rotatable bonds is 2. The first-order chi connectivity index (χ1) is 6.00. The molecule has 0 spiro atoms. The molecule has 0 aliphatic carbocycles. The van der Waals surface area contributed by atoms with E-state index in [-0.39, 0.29) is 22.2 Å². The van der Waals surface area contributed by atoms with Crippen molar-refractivity contribution in [1.82, 2.24) is 0 Å². The summed E-state index contributed by atoms with van der Waals surface area (Å²) in [5.74, 6) is -1.32. The zero-order valence-electron chi connectivity index (χ0n) is 6.55. The molecule has 1 aromatic rings. The SMILES string of the molecule is NC(=O)Cc1cc(O)c(Br)cc1F. The molecule has 0 atom stereocenters. The van der Waals surface area contributed by atoms with Gasteiger partial charge in [-0.05, 0) is 28.1 Å². The Morgan fingerprint density at radius 3 is 2.77 bits per heavy atom. The van der Waals surface area contributed by atoms with Gasteiger partial charge in [-0.2, -0.15) is 0 Å². The molecule has 0 bridgehead atoms. The molecular weight excluding hydrogens is 241 g/mol. The van der Waals surface area contributed by atoms with Crippen LogP contribution in [0.5, 0.6) is 5.75 Å². The van der Waals surface area contributed by atoms with Crippen LogP contribution in [0.1, 0.15) is 5.56 Å². The third kappa shape index (κ3) is 2.42. The van der Waals surface area contributed by atoms with Crippen molar-refractivity contribution < 1.29 is 14.3 Å². The highest BCUT2D eigenvalue weighted by Crippen LogP contribution is 2.26. The Morgan fingerprint density at radius 1 is 1.62 bits per heavy atom. The van der Waals surface area contributed by atoms with E-state index >= 15 is 0 Å². The highest BCUT2D eigenvalue weighted by molar-refractivity contribution is 9.10. The Morgan fingerprint density at radius 2 is 2.23 bits per heavy atom. The molecule has 13 heavy (non-hydrogen) atoms. The molecule has 0 heterocycles. The van der Waals surface area contributed by atoms with Crippen molar-refractivity contribution in [3.05, 3.63) is 28.0 Å². The summed E-state index contributed by atoms with van der Waals surface area (Å²) in [7, 11) is 0. The minimum absolute atomic E-state index is 0.0909. The van der Waals surface area contributed by atoms with Gasteiger partial charge < -0.3 is 10.8 Å². The van der Waals surface area contributed by atoms with Crippen LogP contribution in [0.2, 0.25) is 0 Å². The number of amides is 1. The number of carbonyl (C=O) groups excluding carboxylic acids is 1. The fourth-order valence-corrected chi connectivity index (χ4v) is 1.22. The molecule has 1 aromatic carbocycles. The number of carbonyl (C=O) groups is 1. The van der Waals surface area contributed by atoms with E-state index in [4.69, 9.17) is 5.73 Å². The molecule has 0 aliphatic heterocycles. The van der Waals surface area contributed by atoms with Gasteiger partial charge in [0.25, 0.3) is 0 Å². The molecule has 0 aliphatic rings. The number of phenols is 1. The maximum atomic E-state index is 13.0. The van der Waals surface area contributed by atoms with Crippen LogP contribution in [-0.2, 0) is 11.2 Å². The molecule has 1 amide bonds. The number of primary amides is 1. The van der Waals surface area contributed by atoms with Gasteiger partial charge in [0.15, 0.2) is 0 Å². The molecule has 1 rings (SSSR count). The largest absolute Gasteiger partial charge is 0.507 e. The normalized spacial score (nSPS) is 10.0. The Labute approximate surface area is 82.5 Å². The van der Waals surface area contributed by atoms with Gasteiger partial charge >= 0.3 is 0 Å². The van der Waals surface area contributed by atoms with Crippen molar-refractivity contribution in [3.8, 4) is 5.75 Å². The van der Waals surface area contributed by atoms with Gasteiger partial charge in [0.05, 0.1) is 10.9 Å². The van der Waals surface area contributed by atoms with E-state index in [0.29, 0.717) is 0 Å². The predicted octanol–water partition coefficient (Wildman–Crippen LogP) is 1.32. The summed E-state index contributed by atoms with van der Waals surface area (Å²) in [4.78, 5) is 10.5. The van der Waals surface area contributed by atoms with Crippen LogP contribution in [0.4, 0.5) is 4.39 Å². The summed E-state index contributed by atoms with van der Waals surface area (Å²) < 4.78 is 13.3. The number of hydrogen-bond acceptors (Lipinski definition) is 2. The minimum Gasteiger partial charge on any atom is -0.507 e. The fraction of sp³-hybridized carbons (Fsp3) is 0.125. The lowest BCUT2D eigenvalue weighted by atomic mass is 10.1. The molecule has 0 saturated heterocycles. The first-order valence-corrected chi connectivity index (χ1v) is 4.25. The molecule has 0 fully saturated rings. The molecule has 0 saturated carbocycles. The summed E-state index contributed by atoms with van der Waals surface area (Å²) >= 11 is 2.94. The van der Waals surface area contributed by atoms with E-state index in [2.05, 4.69) is 15.9 Å². The number of benzene rings is 1. The summed E-state index contributed by atoms with van der Waals surface area (Å²) in [5, 5.41) is 9.17. The first-order valence-electron chi connectivity index (χ1n) is 3.46. The molecule has 0 aromatic heterocycles. The number of halogens is 2. The standard InChI is InChI=1S/C8H7BrFNO2/c9-5-3-6(10)4(1-7(5)12)2-8(11)13/h1,3,12H,2H2,(H2,11,13). The van der Waals surface area contributed by atoms with Crippen LogP contribution >= 0.6 is 15.9 Å². The average molecular weight is 248 g/mol. The van der Waals surface area contributed by atoms with Gasteiger partial charge in [-0.3, -0.25) is 4.79 Å². The summed E-state index contributed by atoms with van der Waals surface area (Å²) in [6.07, 6.45) is -0.216. The van der Waals surface area contributed by atoms with Crippen molar-refractivity contribution in [2.45, 2.75) is 6.42 Å². The Kier molecular flexibility index (Phi) is 2.87. The summed E-state index contributed by atoms with van der Waals surface area (Å²) in [6.45, 7) is 0. The topological polar surface area (TPSA) is 63.3 Å². The van der Waals surface area contributed by atoms with Crippen molar-refractivity contribution >= 4 is 21.8 Å². The van der Waals surface area contributed by atoms with Gasteiger partial charge in [0.2, 0.25) is 5.91 Å². The quantitative estimate of drug-likeness (QED) is 0.829. The van der Waals surface area contributed by atoms with Crippen LogP contribution in [0, 0.1) is 5.82 Å². The van der Waals surface area contributed by atoms with E-state index < -0.39 is 11.7 Å². The fourth-order valence-electron chi connectivity index (χ4n) is 0.904. The highest BCUT2D eigenvalue weighted by Gasteiger charge is 2.09. The smallest absolute Gasteiger partial charge is 0.221 e. The van der Waals surface area contributed by atoms with Crippen molar-refractivity contribution in [2.75, 3.05) is 0 Å². The van der Waals surface area contributed by atoms with Gasteiger partial charge in [0, 0.05) is 5.56 Å². The Hall–Kier alpha value is -1.10. The minimum atomic E-state index is -0.638. The van der Waals surface area contributed by atoms with Crippen molar-refractivity contribution in [3.63, 3.8) is 0 Å². The third-order valence-electron chi connectivity index (χ3n) is 1.48. The monoisotopic (exact) mass is 247 g/mol. The summed E-state index contributed by atoms with van der Waals surface area (Å²) in [6, 6.07) is 2.26. The van der Waals surface area contributed by atoms with E-state index in [1.165, 1.54) is 6.07 Å². The number of nitrogens with two attached hydrogens (primary N) is 1. The molecule has 0 unspecified atom stereocenters. The van der Waals surface area contributed by atoms with E-state index in [9.17, 15) is 14.3 Å². The number of aromatic hydroxyl groups is 1. The van der Waals surface area contributed by atoms with E-state index in [1.54, 1.807) is 0 Å². The lowest BCUT2D eigenvalue weighted by Gasteiger charge is -2.02. The molecule has 70 valence electrons. The van der Waals surface area contributed by atoms with E-state index in [0.717, 1.165) is 6.07 Å². The predicted molar refractivity (Wildman–Crippen MR) is 48.7 cm³/mol. The van der Waals surface area contributed by atoms with Crippen molar-refractivity contribution in [1.29, 1.82) is 0 Å². The molecule has 3 N–H and O–H groups in total. The molecular formula is C8H7BrFNO2. The van der Waals surface area contributed by atoms with Crippen LogP contribution in [0.15, 0.2) is 16.6 Å². The number of phenolic OH excluding ortho intramolecular Hbond substituents is 1. The number of hydrogen-bond donors (Lipinski definition) is 2. The van der Waals surface area contributed by atoms with Crippen LogP contribution in [0.3, 0.4) is 0 Å². The van der Waals surface area contributed by atoms with Gasteiger partial charge in [-0.15, -0.1) is 0 Å². The zero-order valence-corrected chi connectivity index (χ0v) is 8.14. The molecule has 0 radical (unpaired) electrons. The summed E-state index contributed by atoms with van der Waals surface area (Å²) in [5.41, 5.74) is 4.97. The molecule has 3 nitrogen and oxygen atoms in total. The van der Waals surface area contributed by atoms with Gasteiger partial charge in [-0.1, -0.05) is 0 Å². The van der Waals surface area contributed by atoms with Crippen LogP contribution < -0.4 is 5.73 Å². The second kappa shape index (κ2) is 3.74. The van der Waals surface area contributed by atoms with E-state index in [1.807, 2.05) is 0 Å². The third-order valence-corrected chi connectivity index (χ3v) is 2.12. The van der Waals surface area contributed by atoms with Gasteiger partial charge in [-0.25, -0.2) is 4.39 Å². The van der Waals surface area contributed by atoms with Crippen LogP contribution in [0.25, 0.3) is 0 Å². The second-order valence-electron chi connectivity index (χ2n) is 2.54. The lowest BCUT2D eigenvalue weighted by Crippen LogP contribution is -2.14. The Bertz CT molecular complexity index is 354. The maximum Gasteiger partial charge on any atom is 0.221 e. The van der Waals surface area contributed by atoms with Crippen molar-refractivity contribution in [2.24, 2.45) is 5.73 Å². The van der Waals surface area contributed by atoms with Gasteiger partial charge in [0.1, 0.15) is 11.6 Å². The average Bonchev–Trinajstić information content (AvgIpc) is 1.99. The van der Waals surface area contributed by atoms with Crippen LogP contribution in [-0.4, -0.2) is 11.0 Å². The molecule has 5 heteroatoms. The maximum absolute atomic E-state index is 13.0.